The molecule has 1 aromatic rings. The summed E-state index contributed by atoms with van der Waals surface area (Å²) in [6.07, 6.45) is 9.50. The number of hydrogen-bond donors (Lipinski definition) is 3. The number of hydrogen-bond acceptors (Lipinski definition) is 4. The second-order valence-electron chi connectivity index (χ2n) is 8.14. The summed E-state index contributed by atoms with van der Waals surface area (Å²) < 4.78 is 0. The topological polar surface area (TPSA) is 95.5 Å². The summed E-state index contributed by atoms with van der Waals surface area (Å²) in [5.74, 6) is -2.59. The maximum Gasteiger partial charge on any atom is 0.307 e. The van der Waals surface area contributed by atoms with E-state index in [0.29, 0.717) is 10.6 Å². The highest BCUT2D eigenvalue weighted by molar-refractivity contribution is 7.17. The van der Waals surface area contributed by atoms with Gasteiger partial charge >= 0.3 is 5.97 Å². The number of carboxylic acids is 1. The van der Waals surface area contributed by atoms with Crippen LogP contribution in [0.1, 0.15) is 46.5 Å². The highest BCUT2D eigenvalue weighted by Crippen LogP contribution is 2.49. The first-order valence-electron chi connectivity index (χ1n) is 9.70. The zero-order chi connectivity index (χ0) is 18.7. The van der Waals surface area contributed by atoms with Crippen molar-refractivity contribution in [1.82, 2.24) is 5.32 Å². The van der Waals surface area contributed by atoms with Crippen molar-refractivity contribution in [3.05, 3.63) is 28.2 Å². The van der Waals surface area contributed by atoms with Gasteiger partial charge in [-0.1, -0.05) is 12.2 Å². The lowest BCUT2D eigenvalue weighted by Crippen LogP contribution is -2.36. The molecule has 1 heterocycles. The molecule has 0 aliphatic heterocycles. The lowest BCUT2D eigenvalue weighted by atomic mass is 9.82. The van der Waals surface area contributed by atoms with Crippen LogP contribution in [0.4, 0.5) is 5.00 Å². The SMILES string of the molecule is O=C(NC1CC1)c1c(NC(=O)[C@@H]2[C@@H](C(=O)O)[C@@H]3C=C[C@H]2C3)sc2c1CCC2. The molecule has 2 bridgehead atoms. The Labute approximate surface area is 161 Å². The van der Waals surface area contributed by atoms with Gasteiger partial charge in [-0.05, 0) is 55.9 Å². The van der Waals surface area contributed by atoms with Crippen molar-refractivity contribution in [2.24, 2.45) is 23.7 Å². The number of aliphatic carboxylic acids is 1. The van der Waals surface area contributed by atoms with Crippen molar-refractivity contribution in [3.8, 4) is 0 Å². The number of carbonyl (C=O) groups excluding carboxylic acids is 2. The number of fused-ring (bicyclic) bond motifs is 3. The maximum atomic E-state index is 13.0. The van der Waals surface area contributed by atoms with E-state index in [0.717, 1.165) is 44.1 Å². The van der Waals surface area contributed by atoms with Gasteiger partial charge in [-0.15, -0.1) is 11.3 Å². The Morgan fingerprint density at radius 1 is 1.07 bits per heavy atom. The summed E-state index contributed by atoms with van der Waals surface area (Å²) in [5, 5.41) is 16.2. The highest BCUT2D eigenvalue weighted by Gasteiger charge is 2.51. The molecule has 2 fully saturated rings. The summed E-state index contributed by atoms with van der Waals surface area (Å²) in [4.78, 5) is 38.7. The van der Waals surface area contributed by atoms with E-state index in [1.807, 2.05) is 12.2 Å². The molecule has 4 aliphatic carbocycles. The molecule has 5 rings (SSSR count). The first-order chi connectivity index (χ1) is 13.0. The molecule has 4 atom stereocenters. The van der Waals surface area contributed by atoms with Crippen LogP contribution in [0.25, 0.3) is 0 Å². The molecular formula is C20H22N2O4S. The molecule has 3 N–H and O–H groups in total. The van der Waals surface area contributed by atoms with Crippen LogP contribution in [-0.2, 0) is 22.4 Å². The lowest BCUT2D eigenvalue weighted by Gasteiger charge is -2.23. The first-order valence-corrected chi connectivity index (χ1v) is 10.5. The Morgan fingerprint density at radius 2 is 1.81 bits per heavy atom. The quantitative estimate of drug-likeness (QED) is 0.678. The molecule has 0 saturated heterocycles. The van der Waals surface area contributed by atoms with E-state index < -0.39 is 17.8 Å². The standard InChI is InChI=1S/C20H22N2O4S/c23-17(14-9-4-5-10(8-9)15(14)20(25)26)22-19-16(18(24)21-11-6-7-11)12-2-1-3-13(12)27-19/h4-5,9-11,14-15H,1-3,6-8H2,(H,21,24)(H,22,23)(H,25,26)/t9-,10+,14-,15-/m0/s1. The minimum Gasteiger partial charge on any atom is -0.481 e. The van der Waals surface area contributed by atoms with Crippen LogP contribution >= 0.6 is 11.3 Å². The summed E-state index contributed by atoms with van der Waals surface area (Å²) in [6.45, 7) is 0. The van der Waals surface area contributed by atoms with E-state index in [1.54, 1.807) is 0 Å². The number of aryl methyl sites for hydroxylation is 1. The minimum atomic E-state index is -0.910. The van der Waals surface area contributed by atoms with Crippen LogP contribution in [0.2, 0.25) is 0 Å². The van der Waals surface area contributed by atoms with Crippen molar-refractivity contribution < 1.29 is 19.5 Å². The molecule has 142 valence electrons. The van der Waals surface area contributed by atoms with Crippen molar-refractivity contribution >= 4 is 34.1 Å². The van der Waals surface area contributed by atoms with Gasteiger partial charge in [0.05, 0.1) is 17.4 Å². The molecule has 7 heteroatoms. The van der Waals surface area contributed by atoms with E-state index in [1.165, 1.54) is 16.2 Å². The van der Waals surface area contributed by atoms with Crippen LogP contribution in [-0.4, -0.2) is 28.9 Å². The van der Waals surface area contributed by atoms with Crippen LogP contribution in [0.5, 0.6) is 0 Å². The Morgan fingerprint density at radius 3 is 2.52 bits per heavy atom. The van der Waals surface area contributed by atoms with Gasteiger partial charge in [0.1, 0.15) is 5.00 Å². The molecule has 6 nitrogen and oxygen atoms in total. The number of thiophene rings is 1. The fourth-order valence-electron chi connectivity index (χ4n) is 4.93. The van der Waals surface area contributed by atoms with E-state index >= 15 is 0 Å². The van der Waals surface area contributed by atoms with Crippen LogP contribution < -0.4 is 10.6 Å². The zero-order valence-corrected chi connectivity index (χ0v) is 15.7. The number of allylic oxidation sites excluding steroid dienone is 2. The van der Waals surface area contributed by atoms with Crippen LogP contribution in [0.3, 0.4) is 0 Å². The number of carboxylic acid groups (broad SMARTS) is 1. The average Bonchev–Trinajstić information content (AvgIpc) is 3.02. The number of nitrogens with one attached hydrogen (secondary N) is 2. The molecule has 0 aromatic carbocycles. The Kier molecular flexibility index (Phi) is 3.89. The molecular weight excluding hydrogens is 364 g/mol. The number of amides is 2. The van der Waals surface area contributed by atoms with Crippen molar-refractivity contribution in [2.75, 3.05) is 5.32 Å². The summed E-state index contributed by atoms with van der Waals surface area (Å²) in [5.41, 5.74) is 1.68. The van der Waals surface area contributed by atoms with Crippen molar-refractivity contribution in [2.45, 2.75) is 44.6 Å². The third-order valence-electron chi connectivity index (χ3n) is 6.34. The van der Waals surface area contributed by atoms with Gasteiger partial charge < -0.3 is 15.7 Å². The van der Waals surface area contributed by atoms with E-state index in [9.17, 15) is 19.5 Å². The Bertz CT molecular complexity index is 870. The second-order valence-corrected chi connectivity index (χ2v) is 9.24. The van der Waals surface area contributed by atoms with Gasteiger partial charge in [0.25, 0.3) is 5.91 Å². The summed E-state index contributed by atoms with van der Waals surface area (Å²) in [6, 6.07) is 0.255. The van der Waals surface area contributed by atoms with Gasteiger partial charge in [0.2, 0.25) is 5.91 Å². The normalized spacial score (nSPS) is 30.4. The third kappa shape index (κ3) is 2.79. The second kappa shape index (κ2) is 6.19. The Balaban J connectivity index is 1.42. The highest BCUT2D eigenvalue weighted by atomic mass is 32.1. The fourth-order valence-corrected chi connectivity index (χ4v) is 6.22. The molecule has 27 heavy (non-hydrogen) atoms. The summed E-state index contributed by atoms with van der Waals surface area (Å²) >= 11 is 1.48. The lowest BCUT2D eigenvalue weighted by molar-refractivity contribution is -0.146. The molecule has 1 aromatic heterocycles. The molecule has 0 radical (unpaired) electrons. The van der Waals surface area contributed by atoms with Crippen molar-refractivity contribution in [1.29, 1.82) is 0 Å². The zero-order valence-electron chi connectivity index (χ0n) is 14.9. The van der Waals surface area contributed by atoms with Gasteiger partial charge in [-0.25, -0.2) is 0 Å². The Hall–Kier alpha value is -2.15. The van der Waals surface area contributed by atoms with E-state index in [4.69, 9.17) is 0 Å². The summed E-state index contributed by atoms with van der Waals surface area (Å²) in [7, 11) is 0. The molecule has 0 unspecified atom stereocenters. The average molecular weight is 386 g/mol. The van der Waals surface area contributed by atoms with Crippen molar-refractivity contribution in [3.63, 3.8) is 0 Å². The number of anilines is 1. The molecule has 2 saturated carbocycles. The number of rotatable bonds is 5. The van der Waals surface area contributed by atoms with Gasteiger partial charge in [0, 0.05) is 10.9 Å². The molecule has 2 amide bonds. The van der Waals surface area contributed by atoms with Crippen LogP contribution in [0.15, 0.2) is 12.2 Å². The predicted octanol–water partition coefficient (Wildman–Crippen LogP) is 2.59. The first kappa shape index (κ1) is 17.0. The van der Waals surface area contributed by atoms with E-state index in [2.05, 4.69) is 10.6 Å². The largest absolute Gasteiger partial charge is 0.481 e. The third-order valence-corrected chi connectivity index (χ3v) is 7.55. The predicted molar refractivity (Wildman–Crippen MR) is 101 cm³/mol. The van der Waals surface area contributed by atoms with Crippen LogP contribution in [0, 0.1) is 23.7 Å². The van der Waals surface area contributed by atoms with Gasteiger partial charge in [-0.3, -0.25) is 14.4 Å². The van der Waals surface area contributed by atoms with Gasteiger partial charge in [0.15, 0.2) is 0 Å². The fraction of sp³-hybridized carbons (Fsp3) is 0.550. The monoisotopic (exact) mass is 386 g/mol. The maximum absolute atomic E-state index is 13.0. The van der Waals surface area contributed by atoms with E-state index in [-0.39, 0.29) is 29.7 Å². The number of carbonyl (C=O) groups is 3. The molecule has 4 aliphatic rings. The van der Waals surface area contributed by atoms with Gasteiger partial charge in [-0.2, -0.15) is 0 Å². The minimum absolute atomic E-state index is 0.0216. The smallest absolute Gasteiger partial charge is 0.307 e. The molecule has 0 spiro atoms.